The van der Waals surface area contributed by atoms with E-state index in [1.807, 2.05) is 0 Å². The van der Waals surface area contributed by atoms with Gasteiger partial charge in [0.25, 0.3) is 0 Å². The number of para-hydroxylation sites is 1. The van der Waals surface area contributed by atoms with Gasteiger partial charge >= 0.3 is 6.09 Å². The highest BCUT2D eigenvalue weighted by Crippen LogP contribution is 2.27. The Morgan fingerprint density at radius 3 is 2.76 bits per heavy atom. The van der Waals surface area contributed by atoms with Crippen molar-refractivity contribution in [1.82, 2.24) is 10.2 Å². The molecule has 1 aliphatic heterocycles. The van der Waals surface area contributed by atoms with Crippen molar-refractivity contribution in [3.63, 3.8) is 0 Å². The van der Waals surface area contributed by atoms with Crippen LogP contribution in [0.25, 0.3) is 0 Å². The van der Waals surface area contributed by atoms with E-state index in [0.29, 0.717) is 18.5 Å². The van der Waals surface area contributed by atoms with Gasteiger partial charge in [-0.3, -0.25) is 10.2 Å². The van der Waals surface area contributed by atoms with Crippen molar-refractivity contribution < 1.29 is 19.1 Å². The SMILES string of the molecule is CNC1(CC=O)CN(c2ccccc2F)CCN1C(=O)O. The summed E-state index contributed by atoms with van der Waals surface area (Å²) >= 11 is 0. The topological polar surface area (TPSA) is 72.9 Å². The quantitative estimate of drug-likeness (QED) is 0.815. The molecule has 21 heavy (non-hydrogen) atoms. The minimum atomic E-state index is -1.10. The predicted octanol–water partition coefficient (Wildman–Crippen LogP) is 1.13. The van der Waals surface area contributed by atoms with Gasteiger partial charge in [-0.25, -0.2) is 9.18 Å². The fraction of sp³-hybridized carbons (Fsp3) is 0.429. The van der Waals surface area contributed by atoms with Crippen LogP contribution < -0.4 is 10.2 Å². The van der Waals surface area contributed by atoms with E-state index in [0.717, 1.165) is 0 Å². The molecule has 7 heteroatoms. The Bertz CT molecular complexity index is 540. The van der Waals surface area contributed by atoms with E-state index in [1.54, 1.807) is 30.1 Å². The third kappa shape index (κ3) is 2.82. The van der Waals surface area contributed by atoms with Crippen LogP contribution in [0.3, 0.4) is 0 Å². The minimum absolute atomic E-state index is 0.000747. The molecule has 0 bridgehead atoms. The van der Waals surface area contributed by atoms with Crippen LogP contribution in [-0.2, 0) is 4.79 Å². The summed E-state index contributed by atoms with van der Waals surface area (Å²) in [5.41, 5.74) is -0.637. The van der Waals surface area contributed by atoms with Crippen LogP contribution in [-0.4, -0.2) is 54.7 Å². The van der Waals surface area contributed by atoms with Gasteiger partial charge in [0, 0.05) is 19.5 Å². The number of anilines is 1. The summed E-state index contributed by atoms with van der Waals surface area (Å²) in [5, 5.41) is 12.2. The summed E-state index contributed by atoms with van der Waals surface area (Å²) in [5.74, 6) is -0.364. The van der Waals surface area contributed by atoms with Gasteiger partial charge in [-0.2, -0.15) is 0 Å². The van der Waals surface area contributed by atoms with Crippen LogP contribution >= 0.6 is 0 Å². The maximum atomic E-state index is 13.9. The zero-order valence-corrected chi connectivity index (χ0v) is 11.8. The number of aldehydes is 1. The summed E-state index contributed by atoms with van der Waals surface area (Å²) in [7, 11) is 1.60. The van der Waals surface area contributed by atoms with Gasteiger partial charge in [-0.1, -0.05) is 12.1 Å². The standard InChI is InChI=1S/C14H18FN3O3/c1-16-14(6-9-19)10-17(7-8-18(14)13(20)21)12-5-3-2-4-11(12)15/h2-5,9,16H,6-8,10H2,1H3,(H,20,21). The van der Waals surface area contributed by atoms with Crippen molar-refractivity contribution >= 4 is 18.1 Å². The first-order valence-electron chi connectivity index (χ1n) is 6.66. The molecule has 114 valence electrons. The van der Waals surface area contributed by atoms with Crippen molar-refractivity contribution in [2.24, 2.45) is 0 Å². The number of nitrogens with zero attached hydrogens (tertiary/aromatic N) is 2. The average Bonchev–Trinajstić information content (AvgIpc) is 2.47. The highest BCUT2D eigenvalue weighted by atomic mass is 19.1. The lowest BCUT2D eigenvalue weighted by Gasteiger charge is -2.49. The number of amides is 1. The molecule has 1 amide bonds. The lowest BCUT2D eigenvalue weighted by atomic mass is 10.0. The highest BCUT2D eigenvalue weighted by Gasteiger charge is 2.43. The Hall–Kier alpha value is -2.15. The average molecular weight is 295 g/mol. The molecule has 0 aromatic heterocycles. The number of hydrogen-bond donors (Lipinski definition) is 2. The van der Waals surface area contributed by atoms with Crippen LogP contribution in [0.15, 0.2) is 24.3 Å². The molecular weight excluding hydrogens is 277 g/mol. The Kier molecular flexibility index (Phi) is 4.42. The Morgan fingerprint density at radius 2 is 2.19 bits per heavy atom. The minimum Gasteiger partial charge on any atom is -0.465 e. The van der Waals surface area contributed by atoms with Gasteiger partial charge in [0.1, 0.15) is 17.8 Å². The number of halogens is 1. The van der Waals surface area contributed by atoms with E-state index in [2.05, 4.69) is 5.32 Å². The van der Waals surface area contributed by atoms with Crippen molar-refractivity contribution in [3.8, 4) is 0 Å². The highest BCUT2D eigenvalue weighted by molar-refractivity contribution is 5.68. The first-order valence-corrected chi connectivity index (χ1v) is 6.66. The number of nitrogens with one attached hydrogen (secondary N) is 1. The molecular formula is C14H18FN3O3. The number of likely N-dealkylation sites (N-methyl/N-ethyl adjacent to an activating group) is 1. The molecule has 1 fully saturated rings. The molecule has 0 spiro atoms. The maximum absolute atomic E-state index is 13.9. The third-order valence-corrected chi connectivity index (χ3v) is 3.87. The van der Waals surface area contributed by atoms with Gasteiger partial charge in [-0.05, 0) is 19.2 Å². The fourth-order valence-electron chi connectivity index (χ4n) is 2.74. The summed E-state index contributed by atoms with van der Waals surface area (Å²) in [6.07, 6.45) is -0.419. The smallest absolute Gasteiger partial charge is 0.408 e. The summed E-state index contributed by atoms with van der Waals surface area (Å²) in [4.78, 5) is 25.3. The van der Waals surface area contributed by atoms with Crippen LogP contribution in [0.5, 0.6) is 0 Å². The second-order valence-corrected chi connectivity index (χ2v) is 4.96. The van der Waals surface area contributed by atoms with E-state index >= 15 is 0 Å². The van der Waals surface area contributed by atoms with Gasteiger partial charge in [-0.15, -0.1) is 0 Å². The van der Waals surface area contributed by atoms with Crippen LogP contribution in [0.1, 0.15) is 6.42 Å². The molecule has 1 aromatic carbocycles. The van der Waals surface area contributed by atoms with Crippen molar-refractivity contribution in [2.75, 3.05) is 31.6 Å². The van der Waals surface area contributed by atoms with Gasteiger partial charge in [0.2, 0.25) is 0 Å². The van der Waals surface area contributed by atoms with Crippen molar-refractivity contribution in [1.29, 1.82) is 0 Å². The van der Waals surface area contributed by atoms with E-state index in [-0.39, 0.29) is 25.3 Å². The second-order valence-electron chi connectivity index (χ2n) is 4.96. The van der Waals surface area contributed by atoms with Crippen molar-refractivity contribution in [2.45, 2.75) is 12.1 Å². The Morgan fingerprint density at radius 1 is 1.48 bits per heavy atom. The first kappa shape index (κ1) is 15.2. The maximum Gasteiger partial charge on any atom is 0.408 e. The molecule has 0 radical (unpaired) electrons. The molecule has 1 atom stereocenters. The zero-order chi connectivity index (χ0) is 15.5. The molecule has 1 saturated heterocycles. The van der Waals surface area contributed by atoms with Crippen LogP contribution in [0.4, 0.5) is 14.9 Å². The molecule has 0 saturated carbocycles. The Labute approximate surface area is 122 Å². The number of rotatable bonds is 4. The fourth-order valence-corrected chi connectivity index (χ4v) is 2.74. The lowest BCUT2D eigenvalue weighted by Crippen LogP contribution is -2.70. The van der Waals surface area contributed by atoms with Crippen LogP contribution in [0, 0.1) is 5.82 Å². The second kappa shape index (κ2) is 6.09. The molecule has 2 rings (SSSR count). The van der Waals surface area contributed by atoms with Gasteiger partial charge in [0.15, 0.2) is 0 Å². The van der Waals surface area contributed by atoms with Crippen LogP contribution in [0.2, 0.25) is 0 Å². The van der Waals surface area contributed by atoms with Gasteiger partial charge in [0.05, 0.1) is 12.2 Å². The number of benzene rings is 1. The number of piperazine rings is 1. The monoisotopic (exact) mass is 295 g/mol. The Balaban J connectivity index is 2.33. The molecule has 0 aliphatic carbocycles. The molecule has 2 N–H and O–H groups in total. The largest absolute Gasteiger partial charge is 0.465 e. The molecule has 1 heterocycles. The predicted molar refractivity (Wildman–Crippen MR) is 75.8 cm³/mol. The molecule has 6 nitrogen and oxygen atoms in total. The first-order chi connectivity index (χ1) is 10.0. The number of hydrogen-bond acceptors (Lipinski definition) is 4. The number of carbonyl (C=O) groups excluding carboxylic acids is 1. The lowest BCUT2D eigenvalue weighted by molar-refractivity contribution is -0.110. The summed E-state index contributed by atoms with van der Waals surface area (Å²) < 4.78 is 13.9. The molecule has 1 aliphatic rings. The summed E-state index contributed by atoms with van der Waals surface area (Å²) in [6.45, 7) is 0.767. The van der Waals surface area contributed by atoms with E-state index in [9.17, 15) is 19.1 Å². The van der Waals surface area contributed by atoms with Crippen molar-refractivity contribution in [3.05, 3.63) is 30.1 Å². The van der Waals surface area contributed by atoms with E-state index < -0.39 is 11.8 Å². The number of carboxylic acid groups (broad SMARTS) is 1. The third-order valence-electron chi connectivity index (χ3n) is 3.87. The van der Waals surface area contributed by atoms with E-state index in [1.165, 1.54) is 11.0 Å². The number of carbonyl (C=O) groups is 2. The van der Waals surface area contributed by atoms with Gasteiger partial charge < -0.3 is 14.8 Å². The molecule has 1 unspecified atom stereocenters. The summed E-state index contributed by atoms with van der Waals surface area (Å²) in [6, 6.07) is 6.33. The normalized spacial score (nSPS) is 22.2. The van der Waals surface area contributed by atoms with E-state index in [4.69, 9.17) is 0 Å². The zero-order valence-electron chi connectivity index (χ0n) is 11.8. The molecule has 1 aromatic rings.